The van der Waals surface area contributed by atoms with Crippen molar-refractivity contribution in [2.45, 2.75) is 31.7 Å². The zero-order valence-electron chi connectivity index (χ0n) is 11.5. The lowest BCUT2D eigenvalue weighted by Gasteiger charge is -2.49. The predicted octanol–water partition coefficient (Wildman–Crippen LogP) is 1.89. The van der Waals surface area contributed by atoms with Crippen molar-refractivity contribution in [2.75, 3.05) is 31.3 Å². The lowest BCUT2D eigenvalue weighted by molar-refractivity contribution is 0.000835. The van der Waals surface area contributed by atoms with Crippen LogP contribution in [0.25, 0.3) is 0 Å². The Labute approximate surface area is 123 Å². The Kier molecular flexibility index (Phi) is 4.10. The summed E-state index contributed by atoms with van der Waals surface area (Å²) >= 11 is 6.23. The molecule has 1 atom stereocenters. The van der Waals surface area contributed by atoms with Gasteiger partial charge in [0.2, 0.25) is 0 Å². The highest BCUT2D eigenvalue weighted by Crippen LogP contribution is 2.43. The summed E-state index contributed by atoms with van der Waals surface area (Å²) < 4.78 is 5.50. The Bertz CT molecular complexity index is 465. The minimum absolute atomic E-state index is 0.0934. The average molecular weight is 298 g/mol. The van der Waals surface area contributed by atoms with Crippen molar-refractivity contribution in [1.82, 2.24) is 9.97 Å². The standard InChI is InChI=1S/C14H20ClN3O2/c15-12-7-16-10-17-13(12)18-9-14(2-1-11(18)8-19)3-5-20-6-4-14/h7,10-11,19H,1-6,8-9H2. The van der Waals surface area contributed by atoms with Gasteiger partial charge in [0.1, 0.15) is 11.3 Å². The molecular weight excluding hydrogens is 278 g/mol. The second kappa shape index (κ2) is 5.84. The van der Waals surface area contributed by atoms with Crippen LogP contribution in [0.15, 0.2) is 12.5 Å². The van der Waals surface area contributed by atoms with Crippen molar-refractivity contribution >= 4 is 17.4 Å². The molecule has 110 valence electrons. The van der Waals surface area contributed by atoms with E-state index in [1.54, 1.807) is 6.20 Å². The first-order valence-electron chi connectivity index (χ1n) is 7.15. The van der Waals surface area contributed by atoms with Crippen LogP contribution in [0.1, 0.15) is 25.7 Å². The molecule has 0 amide bonds. The van der Waals surface area contributed by atoms with E-state index in [0.29, 0.717) is 5.02 Å². The third kappa shape index (κ3) is 2.62. The Morgan fingerprint density at radius 3 is 2.90 bits per heavy atom. The van der Waals surface area contributed by atoms with Crippen LogP contribution in [0.3, 0.4) is 0 Å². The van der Waals surface area contributed by atoms with Crippen LogP contribution in [0, 0.1) is 5.41 Å². The lowest BCUT2D eigenvalue weighted by atomic mass is 9.72. The van der Waals surface area contributed by atoms with Crippen LogP contribution < -0.4 is 4.90 Å². The SMILES string of the molecule is OCC1CCC2(CCOCC2)CN1c1ncncc1Cl. The normalized spacial score (nSPS) is 25.9. The quantitative estimate of drug-likeness (QED) is 0.903. The molecule has 2 saturated heterocycles. The molecule has 0 bridgehead atoms. The number of aromatic nitrogens is 2. The van der Waals surface area contributed by atoms with Crippen molar-refractivity contribution in [3.05, 3.63) is 17.5 Å². The molecule has 0 radical (unpaired) electrons. The highest BCUT2D eigenvalue weighted by atomic mass is 35.5. The van der Waals surface area contributed by atoms with E-state index in [9.17, 15) is 5.11 Å². The first-order chi connectivity index (χ1) is 9.74. The summed E-state index contributed by atoms with van der Waals surface area (Å²) in [5, 5.41) is 10.2. The Hall–Kier alpha value is -0.910. The number of anilines is 1. The van der Waals surface area contributed by atoms with Crippen molar-refractivity contribution in [2.24, 2.45) is 5.41 Å². The molecular formula is C14H20ClN3O2. The predicted molar refractivity (Wildman–Crippen MR) is 77.0 cm³/mol. The third-order valence-corrected chi connectivity index (χ3v) is 4.91. The van der Waals surface area contributed by atoms with E-state index in [1.807, 2.05) is 0 Å². The molecule has 2 aliphatic heterocycles. The van der Waals surface area contributed by atoms with E-state index in [-0.39, 0.29) is 18.1 Å². The molecule has 2 fully saturated rings. The smallest absolute Gasteiger partial charge is 0.151 e. The molecule has 2 aliphatic rings. The van der Waals surface area contributed by atoms with Crippen molar-refractivity contribution in [3.63, 3.8) is 0 Å². The molecule has 1 unspecified atom stereocenters. The minimum Gasteiger partial charge on any atom is -0.394 e. The second-order valence-corrected chi connectivity index (χ2v) is 6.22. The van der Waals surface area contributed by atoms with Gasteiger partial charge >= 0.3 is 0 Å². The molecule has 6 heteroatoms. The van der Waals surface area contributed by atoms with Gasteiger partial charge in [0.05, 0.1) is 18.8 Å². The van der Waals surface area contributed by atoms with Gasteiger partial charge in [-0.25, -0.2) is 9.97 Å². The van der Waals surface area contributed by atoms with E-state index >= 15 is 0 Å². The Morgan fingerprint density at radius 1 is 1.40 bits per heavy atom. The number of aliphatic hydroxyl groups excluding tert-OH is 1. The molecule has 5 nitrogen and oxygen atoms in total. The van der Waals surface area contributed by atoms with Crippen LogP contribution in [-0.4, -0.2) is 47.5 Å². The van der Waals surface area contributed by atoms with Gasteiger partial charge < -0.3 is 14.7 Å². The molecule has 0 saturated carbocycles. The summed E-state index contributed by atoms with van der Waals surface area (Å²) in [5.41, 5.74) is 0.276. The summed E-state index contributed by atoms with van der Waals surface area (Å²) in [6, 6.07) is 0.0934. The van der Waals surface area contributed by atoms with Crippen molar-refractivity contribution in [1.29, 1.82) is 0 Å². The van der Waals surface area contributed by atoms with Crippen LogP contribution in [0.4, 0.5) is 5.82 Å². The minimum atomic E-state index is 0.0934. The number of piperidine rings is 1. The van der Waals surface area contributed by atoms with Gasteiger partial charge in [-0.2, -0.15) is 0 Å². The monoisotopic (exact) mass is 297 g/mol. The van der Waals surface area contributed by atoms with Crippen LogP contribution in [-0.2, 0) is 4.74 Å². The van der Waals surface area contributed by atoms with Gasteiger partial charge in [-0.1, -0.05) is 11.6 Å². The fourth-order valence-electron chi connectivity index (χ4n) is 3.37. The fourth-order valence-corrected chi connectivity index (χ4v) is 3.58. The molecule has 0 aliphatic carbocycles. The number of hydrogen-bond acceptors (Lipinski definition) is 5. The molecule has 3 heterocycles. The highest BCUT2D eigenvalue weighted by molar-refractivity contribution is 6.32. The molecule has 20 heavy (non-hydrogen) atoms. The summed E-state index contributed by atoms with van der Waals surface area (Å²) in [4.78, 5) is 10.4. The largest absolute Gasteiger partial charge is 0.394 e. The summed E-state index contributed by atoms with van der Waals surface area (Å²) in [6.07, 6.45) is 7.39. The zero-order chi connectivity index (χ0) is 14.0. The second-order valence-electron chi connectivity index (χ2n) is 5.81. The molecule has 1 spiro atoms. The summed E-state index contributed by atoms with van der Waals surface area (Å²) in [7, 11) is 0. The van der Waals surface area contributed by atoms with Gasteiger partial charge in [0, 0.05) is 19.8 Å². The van der Waals surface area contributed by atoms with E-state index in [1.165, 1.54) is 6.33 Å². The number of hydrogen-bond donors (Lipinski definition) is 1. The number of rotatable bonds is 2. The molecule has 1 aromatic rings. The number of halogens is 1. The first-order valence-corrected chi connectivity index (χ1v) is 7.53. The van der Waals surface area contributed by atoms with E-state index in [0.717, 1.165) is 51.3 Å². The maximum Gasteiger partial charge on any atom is 0.151 e. The molecule has 3 rings (SSSR count). The maximum absolute atomic E-state index is 9.65. The average Bonchev–Trinajstić information content (AvgIpc) is 2.49. The van der Waals surface area contributed by atoms with E-state index in [2.05, 4.69) is 14.9 Å². The maximum atomic E-state index is 9.65. The number of nitrogens with zero attached hydrogens (tertiary/aromatic N) is 3. The lowest BCUT2D eigenvalue weighted by Crippen LogP contribution is -2.52. The molecule has 1 N–H and O–H groups in total. The molecule has 0 aromatic carbocycles. The van der Waals surface area contributed by atoms with Crippen molar-refractivity contribution < 1.29 is 9.84 Å². The topological polar surface area (TPSA) is 58.5 Å². The third-order valence-electron chi connectivity index (χ3n) is 4.64. The van der Waals surface area contributed by atoms with Gasteiger partial charge in [0.15, 0.2) is 5.82 Å². The fraction of sp³-hybridized carbons (Fsp3) is 0.714. The van der Waals surface area contributed by atoms with Crippen molar-refractivity contribution in [3.8, 4) is 0 Å². The van der Waals surface area contributed by atoms with Crippen LogP contribution in [0.5, 0.6) is 0 Å². The number of ether oxygens (including phenoxy) is 1. The van der Waals surface area contributed by atoms with Gasteiger partial charge in [0.25, 0.3) is 0 Å². The number of aliphatic hydroxyl groups is 1. The van der Waals surface area contributed by atoms with Crippen LogP contribution >= 0.6 is 11.6 Å². The summed E-state index contributed by atoms with van der Waals surface area (Å²) in [6.45, 7) is 2.68. The van der Waals surface area contributed by atoms with Gasteiger partial charge in [-0.15, -0.1) is 0 Å². The Morgan fingerprint density at radius 2 is 2.20 bits per heavy atom. The Balaban J connectivity index is 1.87. The summed E-state index contributed by atoms with van der Waals surface area (Å²) in [5.74, 6) is 0.742. The first kappa shape index (κ1) is 14.0. The zero-order valence-corrected chi connectivity index (χ0v) is 12.2. The van der Waals surface area contributed by atoms with E-state index < -0.39 is 0 Å². The molecule has 1 aromatic heterocycles. The van der Waals surface area contributed by atoms with Crippen LogP contribution in [0.2, 0.25) is 5.02 Å². The van der Waals surface area contributed by atoms with E-state index in [4.69, 9.17) is 16.3 Å². The van der Waals surface area contributed by atoms with Gasteiger partial charge in [-0.05, 0) is 31.1 Å². The highest BCUT2D eigenvalue weighted by Gasteiger charge is 2.41. The van der Waals surface area contributed by atoms with Gasteiger partial charge in [-0.3, -0.25) is 0 Å².